The maximum atomic E-state index is 12.2. The molecule has 1 aliphatic rings. The second-order valence-electron chi connectivity index (χ2n) is 14.9. The molecule has 2 aromatic heterocycles. The summed E-state index contributed by atoms with van der Waals surface area (Å²) in [4.78, 5) is 13.7. The highest BCUT2D eigenvalue weighted by Gasteiger charge is 2.48. The van der Waals surface area contributed by atoms with Gasteiger partial charge in [0.2, 0.25) is 5.88 Å². The van der Waals surface area contributed by atoms with Gasteiger partial charge >= 0.3 is 0 Å². The van der Waals surface area contributed by atoms with Gasteiger partial charge in [0.15, 0.2) is 17.4 Å². The molecule has 1 aliphatic heterocycles. The molecule has 7 rings (SSSR count). The number of hydrogen-bond acceptors (Lipinski definition) is 10. The summed E-state index contributed by atoms with van der Waals surface area (Å²) < 4.78 is 40.4. The maximum Gasteiger partial charge on any atom is 0.245 e. The van der Waals surface area contributed by atoms with E-state index in [1.54, 1.807) is 25.1 Å². The Labute approximate surface area is 336 Å². The number of ether oxygens (including phenoxy) is 6. The molecule has 4 aromatic carbocycles. The van der Waals surface area contributed by atoms with Crippen molar-refractivity contribution >= 4 is 35.2 Å². The molecule has 1 fully saturated rings. The molecule has 292 valence electrons. The summed E-state index contributed by atoms with van der Waals surface area (Å²) in [5, 5.41) is 12.2. The van der Waals surface area contributed by atoms with Crippen LogP contribution in [0, 0.1) is 0 Å². The molecule has 4 atom stereocenters. The van der Waals surface area contributed by atoms with Crippen LogP contribution in [0.25, 0.3) is 11.2 Å². The highest BCUT2D eigenvalue weighted by molar-refractivity contribution is 9.10. The van der Waals surface area contributed by atoms with Crippen LogP contribution in [0.5, 0.6) is 17.4 Å². The molecule has 0 spiro atoms. The molecule has 0 bridgehead atoms. The number of hydrogen-bond donors (Lipinski definition) is 1. The molecule has 0 unspecified atom stereocenters. The van der Waals surface area contributed by atoms with Gasteiger partial charge in [-0.3, -0.25) is 4.57 Å². The van der Waals surface area contributed by atoms with Gasteiger partial charge < -0.3 is 33.5 Å². The first-order valence-electron chi connectivity index (χ1n) is 18.6. The minimum atomic E-state index is -1.34. The van der Waals surface area contributed by atoms with Crippen molar-refractivity contribution < 1.29 is 33.5 Å². The first-order valence-corrected chi connectivity index (χ1v) is 23.1. The standard InChI is InChI=1S/C43H47BrN4O7Si/c1-50-33-19-15-31(16-20-33)43(30-12-7-6-8-13-30,32-17-21-34(51-2)22-18-32)54-26-36-38(49)39(53-25-29-11-9-10-14-35(29)44)42(55-36)48-28-47-37-40(48)45-27-46-41(37)52-23-24-56(3,4)5/h6-22,27-28,36,38-39,42,49H,23-26H2,1-5H3/t36-,38-,39-,42-/m1/s1. The summed E-state index contributed by atoms with van der Waals surface area (Å²) in [5.41, 5.74) is 3.43. The van der Waals surface area contributed by atoms with Crippen LogP contribution >= 0.6 is 15.9 Å². The lowest BCUT2D eigenvalue weighted by Gasteiger charge is -2.37. The molecule has 13 heteroatoms. The predicted molar refractivity (Wildman–Crippen MR) is 220 cm³/mol. The Morgan fingerprint density at radius 1 is 0.804 bits per heavy atom. The van der Waals surface area contributed by atoms with Crippen LogP contribution < -0.4 is 14.2 Å². The third-order valence-electron chi connectivity index (χ3n) is 10.0. The third kappa shape index (κ3) is 8.38. The van der Waals surface area contributed by atoms with Gasteiger partial charge in [0.25, 0.3) is 0 Å². The van der Waals surface area contributed by atoms with E-state index in [2.05, 4.69) is 50.5 Å². The van der Waals surface area contributed by atoms with Crippen molar-refractivity contribution in [2.45, 2.75) is 62.4 Å². The molecular formula is C43H47BrN4O7Si. The first-order chi connectivity index (χ1) is 27.1. The summed E-state index contributed by atoms with van der Waals surface area (Å²) in [5.74, 6) is 1.84. The van der Waals surface area contributed by atoms with E-state index < -0.39 is 38.2 Å². The zero-order chi connectivity index (χ0) is 39.3. The quantitative estimate of drug-likeness (QED) is 0.0756. The summed E-state index contributed by atoms with van der Waals surface area (Å²) in [7, 11) is 1.94. The molecule has 11 nitrogen and oxygen atoms in total. The first kappa shape index (κ1) is 39.6. The lowest BCUT2D eigenvalue weighted by Crippen LogP contribution is -2.40. The Bertz CT molecular complexity index is 2150. The van der Waals surface area contributed by atoms with E-state index >= 15 is 0 Å². The van der Waals surface area contributed by atoms with Crippen molar-refractivity contribution in [3.05, 3.63) is 143 Å². The number of imidazole rings is 1. The number of methoxy groups -OCH3 is 2. The highest BCUT2D eigenvalue weighted by Crippen LogP contribution is 2.43. The van der Waals surface area contributed by atoms with Crippen LogP contribution in [0.4, 0.5) is 0 Å². The summed E-state index contributed by atoms with van der Waals surface area (Å²) in [6, 6.07) is 34.5. The number of nitrogens with zero attached hydrogens (tertiary/aromatic N) is 4. The Kier molecular flexibility index (Phi) is 12.2. The van der Waals surface area contributed by atoms with Gasteiger partial charge in [-0.15, -0.1) is 0 Å². The molecule has 1 N–H and O–H groups in total. The lowest BCUT2D eigenvalue weighted by atomic mass is 9.80. The number of aliphatic hydroxyl groups excluding tert-OH is 1. The molecule has 0 saturated carbocycles. The van der Waals surface area contributed by atoms with Crippen LogP contribution in [0.3, 0.4) is 0 Å². The topological polar surface area (TPSA) is 119 Å². The molecular weight excluding hydrogens is 792 g/mol. The van der Waals surface area contributed by atoms with E-state index in [1.165, 1.54) is 6.33 Å². The lowest BCUT2D eigenvalue weighted by molar-refractivity contribution is -0.0968. The SMILES string of the molecule is COc1ccc(C(OC[C@H]2O[C@@H](n3cnc4c(OCC[Si](C)(C)C)ncnc43)[C@H](OCc3ccccc3Br)[C@@H]2O)(c2ccccc2)c2ccc(OC)cc2)cc1. The number of aromatic nitrogens is 4. The summed E-state index contributed by atoms with van der Waals surface area (Å²) >= 11 is 3.64. The Balaban J connectivity index is 1.25. The van der Waals surface area contributed by atoms with Crippen LogP contribution in [0.1, 0.15) is 28.5 Å². The number of rotatable bonds is 16. The normalized spacial score (nSPS) is 18.6. The third-order valence-corrected chi connectivity index (χ3v) is 12.5. The molecule has 1 saturated heterocycles. The average molecular weight is 840 g/mol. The number of aliphatic hydroxyl groups is 1. The van der Waals surface area contributed by atoms with Crippen LogP contribution in [0.2, 0.25) is 25.7 Å². The molecule has 0 aliphatic carbocycles. The van der Waals surface area contributed by atoms with Gasteiger partial charge in [0.1, 0.15) is 41.7 Å². The Morgan fingerprint density at radius 2 is 1.43 bits per heavy atom. The van der Waals surface area contributed by atoms with Crippen molar-refractivity contribution in [2.24, 2.45) is 0 Å². The fraction of sp³-hybridized carbons (Fsp3) is 0.326. The number of benzene rings is 4. The van der Waals surface area contributed by atoms with Crippen LogP contribution in [-0.2, 0) is 26.4 Å². The smallest absolute Gasteiger partial charge is 0.245 e. The molecule has 3 heterocycles. The molecule has 0 amide bonds. The van der Waals surface area contributed by atoms with Gasteiger partial charge in [-0.05, 0) is 58.6 Å². The van der Waals surface area contributed by atoms with Crippen molar-refractivity contribution in [1.29, 1.82) is 0 Å². The van der Waals surface area contributed by atoms with Gasteiger partial charge in [-0.25, -0.2) is 9.97 Å². The minimum Gasteiger partial charge on any atom is -0.497 e. The molecule has 0 radical (unpaired) electrons. The fourth-order valence-corrected chi connectivity index (χ4v) is 8.03. The van der Waals surface area contributed by atoms with E-state index in [1.807, 2.05) is 103 Å². The fourth-order valence-electron chi connectivity index (χ4n) is 6.92. The van der Waals surface area contributed by atoms with Crippen molar-refractivity contribution in [3.63, 3.8) is 0 Å². The van der Waals surface area contributed by atoms with Crippen molar-refractivity contribution in [1.82, 2.24) is 19.5 Å². The van der Waals surface area contributed by atoms with E-state index in [0.29, 0.717) is 35.1 Å². The van der Waals surface area contributed by atoms with Crippen LogP contribution in [0.15, 0.2) is 120 Å². The second kappa shape index (κ2) is 17.2. The predicted octanol–water partition coefficient (Wildman–Crippen LogP) is 8.18. The summed E-state index contributed by atoms with van der Waals surface area (Å²) in [6.45, 7) is 7.65. The Morgan fingerprint density at radius 3 is 2.05 bits per heavy atom. The van der Waals surface area contributed by atoms with E-state index in [4.69, 9.17) is 28.4 Å². The van der Waals surface area contributed by atoms with Gasteiger partial charge in [0.05, 0.1) is 40.4 Å². The summed E-state index contributed by atoms with van der Waals surface area (Å²) in [6.07, 6.45) is -0.463. The van der Waals surface area contributed by atoms with E-state index in [0.717, 1.165) is 32.8 Å². The van der Waals surface area contributed by atoms with Crippen molar-refractivity contribution in [3.8, 4) is 17.4 Å². The molecule has 6 aromatic rings. The maximum absolute atomic E-state index is 12.2. The van der Waals surface area contributed by atoms with E-state index in [-0.39, 0.29) is 13.2 Å². The highest BCUT2D eigenvalue weighted by atomic mass is 79.9. The second-order valence-corrected chi connectivity index (χ2v) is 21.4. The monoisotopic (exact) mass is 838 g/mol. The largest absolute Gasteiger partial charge is 0.497 e. The number of fused-ring (bicyclic) bond motifs is 1. The zero-order valence-electron chi connectivity index (χ0n) is 32.2. The van der Waals surface area contributed by atoms with Crippen molar-refractivity contribution in [2.75, 3.05) is 27.4 Å². The zero-order valence-corrected chi connectivity index (χ0v) is 34.8. The average Bonchev–Trinajstić information content (AvgIpc) is 3.78. The van der Waals surface area contributed by atoms with Gasteiger partial charge in [0, 0.05) is 12.5 Å². The van der Waals surface area contributed by atoms with Crippen LogP contribution in [-0.4, -0.2) is 78.4 Å². The van der Waals surface area contributed by atoms with E-state index in [9.17, 15) is 5.11 Å². The molecule has 56 heavy (non-hydrogen) atoms. The number of halogens is 1. The minimum absolute atomic E-state index is 0.00776. The Hall–Kier alpha value is -4.63. The van der Waals surface area contributed by atoms with Gasteiger partial charge in [-0.2, -0.15) is 4.98 Å². The van der Waals surface area contributed by atoms with Gasteiger partial charge in [-0.1, -0.05) is 108 Å².